The highest BCUT2D eigenvalue weighted by atomic mass is 127. The van der Waals surface area contributed by atoms with Gasteiger partial charge >= 0.3 is 6.09 Å². The summed E-state index contributed by atoms with van der Waals surface area (Å²) in [6.07, 6.45) is 1.09. The van der Waals surface area contributed by atoms with Gasteiger partial charge in [0.25, 0.3) is 0 Å². The van der Waals surface area contributed by atoms with Gasteiger partial charge in [-0.15, -0.1) is 24.0 Å². The molecule has 0 aliphatic carbocycles. The van der Waals surface area contributed by atoms with Gasteiger partial charge in [-0.1, -0.05) is 29.8 Å². The van der Waals surface area contributed by atoms with Crippen LogP contribution in [0.3, 0.4) is 0 Å². The predicted octanol–water partition coefficient (Wildman–Crippen LogP) is 3.17. The van der Waals surface area contributed by atoms with E-state index in [1.807, 2.05) is 24.3 Å². The Balaban J connectivity index is 0.00000364. The lowest BCUT2D eigenvalue weighted by atomic mass is 10.1. The van der Waals surface area contributed by atoms with E-state index in [4.69, 9.17) is 26.8 Å². The second-order valence-electron chi connectivity index (χ2n) is 6.08. The summed E-state index contributed by atoms with van der Waals surface area (Å²) in [5.74, 6) is 0.369. The molecule has 0 radical (unpaired) electrons. The average Bonchev–Trinajstić information content (AvgIpc) is 2.64. The predicted molar refractivity (Wildman–Crippen MR) is 118 cm³/mol. The molecule has 0 saturated carbocycles. The second-order valence-corrected chi connectivity index (χ2v) is 6.48. The Bertz CT molecular complexity index is 624. The van der Waals surface area contributed by atoms with Crippen LogP contribution in [-0.2, 0) is 9.47 Å². The summed E-state index contributed by atoms with van der Waals surface area (Å²) in [4.78, 5) is 17.8. The lowest BCUT2D eigenvalue weighted by molar-refractivity contribution is 0.0962. The Morgan fingerprint density at radius 2 is 2.07 bits per heavy atom. The summed E-state index contributed by atoms with van der Waals surface area (Å²) in [6.45, 7) is 3.86. The number of carbonyl (C=O) groups excluding carboxylic acids is 1. The van der Waals surface area contributed by atoms with E-state index in [-0.39, 0.29) is 42.2 Å². The zero-order valence-electron chi connectivity index (χ0n) is 15.7. The maximum atomic E-state index is 11.7. The molecule has 1 saturated heterocycles. The van der Waals surface area contributed by atoms with Crippen molar-refractivity contribution >= 4 is 47.6 Å². The van der Waals surface area contributed by atoms with Crippen molar-refractivity contribution in [1.29, 1.82) is 0 Å². The number of guanidine groups is 1. The number of amides is 1. The first-order chi connectivity index (χ1) is 12.5. The van der Waals surface area contributed by atoms with E-state index in [0.29, 0.717) is 37.2 Å². The molecule has 0 bridgehead atoms. The van der Waals surface area contributed by atoms with Gasteiger partial charge in [0.05, 0.1) is 13.2 Å². The van der Waals surface area contributed by atoms with Gasteiger partial charge in [0.15, 0.2) is 5.96 Å². The molecule has 1 atom stereocenters. The lowest BCUT2D eigenvalue weighted by Crippen LogP contribution is -2.48. The molecule has 1 heterocycles. The number of halogens is 2. The van der Waals surface area contributed by atoms with Gasteiger partial charge < -0.3 is 25.4 Å². The molecule has 0 aromatic heterocycles. The number of benzene rings is 1. The van der Waals surface area contributed by atoms with E-state index in [9.17, 15) is 4.79 Å². The van der Waals surface area contributed by atoms with Crippen molar-refractivity contribution in [2.45, 2.75) is 31.9 Å². The second kappa shape index (κ2) is 12.2. The Labute approximate surface area is 182 Å². The molecule has 7 nitrogen and oxygen atoms in total. The van der Waals surface area contributed by atoms with Crippen LogP contribution in [0.4, 0.5) is 4.79 Å². The summed E-state index contributed by atoms with van der Waals surface area (Å²) in [7, 11) is 1.62. The Kier molecular flexibility index (Phi) is 10.8. The molecule has 152 valence electrons. The summed E-state index contributed by atoms with van der Waals surface area (Å²) < 4.78 is 10.5. The number of carbonyl (C=O) groups is 1. The largest absolute Gasteiger partial charge is 0.450 e. The number of methoxy groups -OCH3 is 1. The Morgan fingerprint density at radius 3 is 2.67 bits per heavy atom. The van der Waals surface area contributed by atoms with E-state index in [0.717, 1.165) is 18.4 Å². The van der Waals surface area contributed by atoms with Gasteiger partial charge in [-0.05, 0) is 25.8 Å². The van der Waals surface area contributed by atoms with Crippen LogP contribution in [0.5, 0.6) is 0 Å². The van der Waals surface area contributed by atoms with Crippen molar-refractivity contribution in [2.75, 3.05) is 33.4 Å². The number of nitrogens with one attached hydrogen (secondary N) is 1. The highest BCUT2D eigenvalue weighted by molar-refractivity contribution is 14.0. The Hall–Kier alpha value is -1.26. The van der Waals surface area contributed by atoms with E-state index >= 15 is 0 Å². The highest BCUT2D eigenvalue weighted by Crippen LogP contribution is 2.25. The van der Waals surface area contributed by atoms with E-state index in [2.05, 4.69) is 10.3 Å². The molecule has 1 aliphatic heterocycles. The first-order valence-corrected chi connectivity index (χ1v) is 9.18. The third-order valence-corrected chi connectivity index (χ3v) is 4.68. The molecule has 2 rings (SSSR count). The van der Waals surface area contributed by atoms with Crippen LogP contribution in [0, 0.1) is 0 Å². The minimum Gasteiger partial charge on any atom is -0.450 e. The maximum Gasteiger partial charge on any atom is 0.409 e. The first kappa shape index (κ1) is 23.8. The zero-order valence-corrected chi connectivity index (χ0v) is 18.8. The molecule has 27 heavy (non-hydrogen) atoms. The van der Waals surface area contributed by atoms with E-state index in [1.165, 1.54) is 0 Å². The number of likely N-dealkylation sites (tertiary alicyclic amines) is 1. The van der Waals surface area contributed by atoms with Crippen molar-refractivity contribution < 1.29 is 14.3 Å². The van der Waals surface area contributed by atoms with Crippen LogP contribution in [0.2, 0.25) is 5.02 Å². The molecule has 1 aliphatic rings. The van der Waals surface area contributed by atoms with Gasteiger partial charge in [-0.25, -0.2) is 4.79 Å². The summed E-state index contributed by atoms with van der Waals surface area (Å²) in [6, 6.07) is 7.72. The number of nitrogens with zero attached hydrogens (tertiary/aromatic N) is 2. The first-order valence-electron chi connectivity index (χ1n) is 8.80. The van der Waals surface area contributed by atoms with Crippen molar-refractivity contribution in [2.24, 2.45) is 10.7 Å². The van der Waals surface area contributed by atoms with Crippen molar-refractivity contribution in [3.05, 3.63) is 34.9 Å². The summed E-state index contributed by atoms with van der Waals surface area (Å²) in [5.41, 5.74) is 6.90. The Morgan fingerprint density at radius 1 is 1.41 bits per heavy atom. The number of nitrogens with two attached hydrogens (primary N) is 1. The van der Waals surface area contributed by atoms with Crippen LogP contribution in [-0.4, -0.2) is 56.3 Å². The minimum absolute atomic E-state index is 0. The van der Waals surface area contributed by atoms with Crippen molar-refractivity contribution in [3.8, 4) is 0 Å². The summed E-state index contributed by atoms with van der Waals surface area (Å²) in [5, 5.41) is 3.86. The van der Waals surface area contributed by atoms with Gasteiger partial charge in [-0.2, -0.15) is 0 Å². The standard InChI is InChI=1S/C18H27ClN4O3.HI/c1-3-26-18(24)23-10-8-13(9-11-23)22-17(20)21-12-16(25-2)14-6-4-5-7-15(14)19;/h4-7,13,16H,3,8-12H2,1-2H3,(H3,20,21,22);1H. The quantitative estimate of drug-likeness (QED) is 0.349. The van der Waals surface area contributed by atoms with Crippen LogP contribution in [0.25, 0.3) is 0 Å². The van der Waals surface area contributed by atoms with Crippen molar-refractivity contribution in [1.82, 2.24) is 10.2 Å². The molecule has 0 spiro atoms. The highest BCUT2D eigenvalue weighted by Gasteiger charge is 2.23. The number of hydrogen-bond acceptors (Lipinski definition) is 4. The fourth-order valence-corrected chi connectivity index (χ4v) is 3.15. The van der Waals surface area contributed by atoms with Crippen LogP contribution < -0.4 is 11.1 Å². The molecular formula is C18H28ClIN4O3. The van der Waals surface area contributed by atoms with Crippen LogP contribution in [0.1, 0.15) is 31.4 Å². The number of ether oxygens (including phenoxy) is 2. The molecule has 9 heteroatoms. The number of piperidine rings is 1. The SMILES string of the molecule is CCOC(=O)N1CCC(NC(N)=NCC(OC)c2ccccc2Cl)CC1.I. The topological polar surface area (TPSA) is 89.2 Å². The number of rotatable bonds is 6. The fraction of sp³-hybridized carbons (Fsp3) is 0.556. The molecule has 1 aromatic carbocycles. The third-order valence-electron chi connectivity index (χ3n) is 4.34. The normalized spacial score (nSPS) is 16.4. The monoisotopic (exact) mass is 510 g/mol. The number of hydrogen-bond donors (Lipinski definition) is 2. The number of aliphatic imine (C=N–C) groups is 1. The lowest BCUT2D eigenvalue weighted by Gasteiger charge is -2.31. The van der Waals surface area contributed by atoms with Gasteiger partial charge in [0, 0.05) is 36.8 Å². The van der Waals surface area contributed by atoms with Gasteiger partial charge in [0.1, 0.15) is 6.10 Å². The van der Waals surface area contributed by atoms with Gasteiger partial charge in [0.2, 0.25) is 0 Å². The summed E-state index contributed by atoms with van der Waals surface area (Å²) >= 11 is 6.21. The van der Waals surface area contributed by atoms with E-state index in [1.54, 1.807) is 18.9 Å². The average molecular weight is 511 g/mol. The third kappa shape index (κ3) is 7.34. The van der Waals surface area contributed by atoms with Gasteiger partial charge in [-0.3, -0.25) is 4.99 Å². The maximum absolute atomic E-state index is 11.7. The van der Waals surface area contributed by atoms with Crippen LogP contribution in [0.15, 0.2) is 29.3 Å². The fourth-order valence-electron chi connectivity index (χ4n) is 2.89. The molecular weight excluding hydrogens is 483 g/mol. The van der Waals surface area contributed by atoms with Crippen molar-refractivity contribution in [3.63, 3.8) is 0 Å². The zero-order chi connectivity index (χ0) is 18.9. The molecule has 1 unspecified atom stereocenters. The molecule has 3 N–H and O–H groups in total. The van der Waals surface area contributed by atoms with E-state index < -0.39 is 0 Å². The molecule has 1 amide bonds. The minimum atomic E-state index is -0.255. The smallest absolute Gasteiger partial charge is 0.409 e. The molecule has 1 fully saturated rings. The van der Waals surface area contributed by atoms with Crippen LogP contribution >= 0.6 is 35.6 Å². The molecule has 1 aromatic rings.